The van der Waals surface area contributed by atoms with Crippen LogP contribution in [0.25, 0.3) is 0 Å². The number of nitrogens with one attached hydrogen (secondary N) is 1. The number of nitrogens with zero attached hydrogens (tertiary/aromatic N) is 1. The molecule has 1 amide bonds. The summed E-state index contributed by atoms with van der Waals surface area (Å²) in [6.45, 7) is 4.49. The van der Waals surface area contributed by atoms with E-state index in [1.807, 2.05) is 18.2 Å². The lowest BCUT2D eigenvalue weighted by Gasteiger charge is -2.25. The zero-order chi connectivity index (χ0) is 23.3. The first-order valence-corrected chi connectivity index (χ1v) is 11.4. The van der Waals surface area contributed by atoms with E-state index < -0.39 is 11.7 Å². The third kappa shape index (κ3) is 6.63. The molecule has 2 aromatic carbocycles. The SMILES string of the molecule is O=C(Cc1cccc(C(F)(F)F)c1)NC[C@@H](Cc1ccc2c(c1)OCCO2)CN1CCCC1. The smallest absolute Gasteiger partial charge is 0.416 e. The standard InChI is InChI=1S/C25H29F3N2O3/c26-25(27,28)21-5-3-4-18(13-21)15-24(31)29-16-20(17-30-8-1-2-9-30)12-19-6-7-22-23(14-19)33-11-10-32-22/h3-7,13-14,20H,1-2,8-12,15-17H2,(H,29,31)/t20-/m1/s1. The van der Waals surface area contributed by atoms with E-state index in [0.717, 1.165) is 55.3 Å². The number of carbonyl (C=O) groups excluding carboxylic acids is 1. The molecule has 8 heteroatoms. The minimum Gasteiger partial charge on any atom is -0.486 e. The highest BCUT2D eigenvalue weighted by Gasteiger charge is 2.30. The normalized spacial score (nSPS) is 17.1. The molecular weight excluding hydrogens is 433 g/mol. The molecule has 0 spiro atoms. The van der Waals surface area contributed by atoms with E-state index >= 15 is 0 Å². The van der Waals surface area contributed by atoms with Gasteiger partial charge in [0.05, 0.1) is 12.0 Å². The summed E-state index contributed by atoms with van der Waals surface area (Å²) in [5, 5.41) is 2.94. The molecule has 2 aliphatic rings. The molecule has 0 bridgehead atoms. The van der Waals surface area contributed by atoms with Gasteiger partial charge in [0.1, 0.15) is 13.2 Å². The van der Waals surface area contributed by atoms with E-state index in [2.05, 4.69) is 10.2 Å². The molecule has 5 nitrogen and oxygen atoms in total. The van der Waals surface area contributed by atoms with Crippen LogP contribution in [0.5, 0.6) is 11.5 Å². The number of amides is 1. The molecule has 0 aliphatic carbocycles. The Morgan fingerprint density at radius 2 is 1.76 bits per heavy atom. The van der Waals surface area contributed by atoms with Crippen molar-refractivity contribution in [2.24, 2.45) is 5.92 Å². The van der Waals surface area contributed by atoms with E-state index in [0.29, 0.717) is 25.3 Å². The van der Waals surface area contributed by atoms with Gasteiger partial charge in [0.2, 0.25) is 5.91 Å². The summed E-state index contributed by atoms with van der Waals surface area (Å²) in [6, 6.07) is 10.9. The second-order valence-electron chi connectivity index (χ2n) is 8.73. The van der Waals surface area contributed by atoms with Crippen molar-refractivity contribution in [3.63, 3.8) is 0 Å². The number of rotatable bonds is 8. The van der Waals surface area contributed by atoms with Crippen LogP contribution in [0, 0.1) is 5.92 Å². The van der Waals surface area contributed by atoms with Gasteiger partial charge in [-0.25, -0.2) is 0 Å². The van der Waals surface area contributed by atoms with E-state index in [1.54, 1.807) is 6.07 Å². The summed E-state index contributed by atoms with van der Waals surface area (Å²) in [7, 11) is 0. The Balaban J connectivity index is 1.37. The number of fused-ring (bicyclic) bond motifs is 1. The second-order valence-corrected chi connectivity index (χ2v) is 8.73. The van der Waals surface area contributed by atoms with Crippen molar-refractivity contribution in [2.75, 3.05) is 39.4 Å². The molecule has 0 unspecified atom stereocenters. The predicted molar refractivity (Wildman–Crippen MR) is 118 cm³/mol. The van der Waals surface area contributed by atoms with Crippen LogP contribution in [0.2, 0.25) is 0 Å². The van der Waals surface area contributed by atoms with Crippen molar-refractivity contribution < 1.29 is 27.4 Å². The first kappa shape index (κ1) is 23.4. The van der Waals surface area contributed by atoms with Gasteiger partial charge in [-0.1, -0.05) is 24.3 Å². The summed E-state index contributed by atoms with van der Waals surface area (Å²) in [5.41, 5.74) is 0.721. The van der Waals surface area contributed by atoms with Gasteiger partial charge in [-0.2, -0.15) is 13.2 Å². The Kier molecular flexibility index (Phi) is 7.42. The predicted octanol–water partition coefficient (Wildman–Crippen LogP) is 4.09. The fourth-order valence-electron chi connectivity index (χ4n) is 4.44. The minimum absolute atomic E-state index is 0.0790. The summed E-state index contributed by atoms with van der Waals surface area (Å²) in [6.07, 6.45) is -1.38. The first-order valence-electron chi connectivity index (χ1n) is 11.4. The number of likely N-dealkylation sites (tertiary alicyclic amines) is 1. The van der Waals surface area contributed by atoms with Crippen molar-refractivity contribution in [1.29, 1.82) is 0 Å². The molecule has 33 heavy (non-hydrogen) atoms. The highest BCUT2D eigenvalue weighted by atomic mass is 19.4. The number of hydrogen-bond donors (Lipinski definition) is 1. The van der Waals surface area contributed by atoms with Gasteiger partial charge in [0.25, 0.3) is 0 Å². The maximum absolute atomic E-state index is 12.9. The fourth-order valence-corrected chi connectivity index (χ4v) is 4.44. The van der Waals surface area contributed by atoms with E-state index in [9.17, 15) is 18.0 Å². The van der Waals surface area contributed by atoms with Gasteiger partial charge in [-0.15, -0.1) is 0 Å². The zero-order valence-corrected chi connectivity index (χ0v) is 18.5. The van der Waals surface area contributed by atoms with E-state index in [-0.39, 0.29) is 18.2 Å². The van der Waals surface area contributed by atoms with Crippen molar-refractivity contribution in [1.82, 2.24) is 10.2 Å². The number of benzene rings is 2. The van der Waals surface area contributed by atoms with Gasteiger partial charge < -0.3 is 19.7 Å². The van der Waals surface area contributed by atoms with E-state index in [4.69, 9.17) is 9.47 Å². The molecule has 0 saturated carbocycles. The first-order chi connectivity index (χ1) is 15.9. The van der Waals surface area contributed by atoms with Gasteiger partial charge in [0.15, 0.2) is 11.5 Å². The molecule has 1 atom stereocenters. The topological polar surface area (TPSA) is 50.8 Å². The molecule has 0 aromatic heterocycles. The van der Waals surface area contributed by atoms with Crippen molar-refractivity contribution in [2.45, 2.75) is 31.9 Å². The lowest BCUT2D eigenvalue weighted by molar-refractivity contribution is -0.137. The molecule has 1 N–H and O–H groups in total. The van der Waals surface area contributed by atoms with Gasteiger partial charge in [-0.05, 0) is 67.6 Å². The van der Waals surface area contributed by atoms with Crippen LogP contribution in [0.4, 0.5) is 13.2 Å². The average Bonchev–Trinajstić information content (AvgIpc) is 3.30. The minimum atomic E-state index is -4.42. The van der Waals surface area contributed by atoms with Crippen LogP contribution >= 0.6 is 0 Å². The largest absolute Gasteiger partial charge is 0.486 e. The Hall–Kier alpha value is -2.74. The van der Waals surface area contributed by atoms with Crippen molar-refractivity contribution in [3.8, 4) is 11.5 Å². The molecule has 2 aliphatic heterocycles. The summed E-state index contributed by atoms with van der Waals surface area (Å²) in [4.78, 5) is 14.9. The maximum atomic E-state index is 12.9. The number of hydrogen-bond acceptors (Lipinski definition) is 4. The lowest BCUT2D eigenvalue weighted by atomic mass is 9.97. The number of carbonyl (C=O) groups is 1. The third-order valence-electron chi connectivity index (χ3n) is 6.05. The Bertz CT molecular complexity index is 958. The van der Waals surface area contributed by atoms with Crippen LogP contribution in [-0.2, 0) is 23.8 Å². The Morgan fingerprint density at radius 3 is 2.52 bits per heavy atom. The lowest BCUT2D eigenvalue weighted by Crippen LogP contribution is -2.37. The summed E-state index contributed by atoms with van der Waals surface area (Å²) in [5.74, 6) is 1.39. The highest BCUT2D eigenvalue weighted by molar-refractivity contribution is 5.78. The number of alkyl halides is 3. The zero-order valence-electron chi connectivity index (χ0n) is 18.5. The van der Waals surface area contributed by atoms with Gasteiger partial charge in [0, 0.05) is 13.1 Å². The number of ether oxygens (including phenoxy) is 2. The van der Waals surface area contributed by atoms with Crippen LogP contribution in [0.15, 0.2) is 42.5 Å². The van der Waals surface area contributed by atoms with Crippen LogP contribution < -0.4 is 14.8 Å². The second kappa shape index (κ2) is 10.5. The highest BCUT2D eigenvalue weighted by Crippen LogP contribution is 2.32. The van der Waals surface area contributed by atoms with Gasteiger partial charge >= 0.3 is 6.18 Å². The molecule has 4 rings (SSSR count). The molecule has 0 radical (unpaired) electrons. The molecule has 2 aromatic rings. The summed E-state index contributed by atoms with van der Waals surface area (Å²) >= 11 is 0. The molecule has 178 valence electrons. The molecule has 1 fully saturated rings. The molecule has 2 heterocycles. The number of halogens is 3. The van der Waals surface area contributed by atoms with Crippen LogP contribution in [0.1, 0.15) is 29.5 Å². The average molecular weight is 463 g/mol. The monoisotopic (exact) mass is 462 g/mol. The molecule has 1 saturated heterocycles. The quantitative estimate of drug-likeness (QED) is 0.642. The van der Waals surface area contributed by atoms with Crippen LogP contribution in [-0.4, -0.2) is 50.2 Å². The maximum Gasteiger partial charge on any atom is 0.416 e. The van der Waals surface area contributed by atoms with Crippen molar-refractivity contribution >= 4 is 5.91 Å². The van der Waals surface area contributed by atoms with Gasteiger partial charge in [-0.3, -0.25) is 4.79 Å². The Morgan fingerprint density at radius 1 is 1.00 bits per heavy atom. The van der Waals surface area contributed by atoms with E-state index in [1.165, 1.54) is 18.9 Å². The van der Waals surface area contributed by atoms with Crippen LogP contribution in [0.3, 0.4) is 0 Å². The Labute approximate surface area is 191 Å². The summed E-state index contributed by atoms with van der Waals surface area (Å²) < 4.78 is 50.1. The third-order valence-corrected chi connectivity index (χ3v) is 6.05. The van der Waals surface area contributed by atoms with Crippen molar-refractivity contribution in [3.05, 3.63) is 59.2 Å². The fraction of sp³-hybridized carbons (Fsp3) is 0.480. The molecular formula is C25H29F3N2O3.